The molecule has 0 saturated heterocycles. The van der Waals surface area contributed by atoms with E-state index in [4.69, 9.17) is 9.84 Å². The summed E-state index contributed by atoms with van der Waals surface area (Å²) < 4.78 is 5.70. The number of aromatic carboxylic acids is 2. The Morgan fingerprint density at radius 2 is 1.39 bits per heavy atom. The summed E-state index contributed by atoms with van der Waals surface area (Å²) in [6.45, 7) is 0. The number of benzene rings is 3. The van der Waals surface area contributed by atoms with Gasteiger partial charge in [0.1, 0.15) is 5.75 Å². The third-order valence-corrected chi connectivity index (χ3v) is 3.85. The van der Waals surface area contributed by atoms with Gasteiger partial charge in [0.25, 0.3) is 5.91 Å². The van der Waals surface area contributed by atoms with Crippen molar-refractivity contribution in [2.45, 2.75) is 0 Å². The van der Waals surface area contributed by atoms with Gasteiger partial charge in [-0.3, -0.25) is 4.79 Å². The van der Waals surface area contributed by atoms with Crippen LogP contribution in [0.5, 0.6) is 11.5 Å². The van der Waals surface area contributed by atoms with Crippen LogP contribution in [-0.2, 0) is 0 Å². The molecule has 0 aliphatic rings. The van der Waals surface area contributed by atoms with Crippen LogP contribution in [0, 0.1) is 0 Å². The van der Waals surface area contributed by atoms with Gasteiger partial charge in [0.05, 0.1) is 16.8 Å². The molecule has 0 aromatic heterocycles. The van der Waals surface area contributed by atoms with Gasteiger partial charge in [-0.05, 0) is 42.5 Å². The predicted molar refractivity (Wildman–Crippen MR) is 101 cm³/mol. The molecule has 7 heteroatoms. The van der Waals surface area contributed by atoms with Crippen molar-refractivity contribution < 1.29 is 29.3 Å². The highest BCUT2D eigenvalue weighted by atomic mass is 16.5. The molecule has 7 nitrogen and oxygen atoms in total. The van der Waals surface area contributed by atoms with E-state index in [1.807, 2.05) is 0 Å². The van der Waals surface area contributed by atoms with Crippen LogP contribution >= 0.6 is 0 Å². The Bertz CT molecular complexity index is 1050. The molecule has 3 aromatic carbocycles. The van der Waals surface area contributed by atoms with Gasteiger partial charge in [-0.15, -0.1) is 0 Å². The normalized spacial score (nSPS) is 10.1. The van der Waals surface area contributed by atoms with E-state index in [0.717, 1.165) is 12.1 Å². The number of hydrogen-bond donors (Lipinski definition) is 3. The average molecular weight is 377 g/mol. The quantitative estimate of drug-likeness (QED) is 0.595. The maximum absolute atomic E-state index is 12.4. The maximum atomic E-state index is 12.4. The Hall–Kier alpha value is -4.13. The van der Waals surface area contributed by atoms with Crippen molar-refractivity contribution in [1.82, 2.24) is 0 Å². The molecular weight excluding hydrogens is 362 g/mol. The van der Waals surface area contributed by atoms with Crippen LogP contribution in [0.25, 0.3) is 0 Å². The molecule has 0 fully saturated rings. The van der Waals surface area contributed by atoms with Gasteiger partial charge in [0, 0.05) is 5.56 Å². The standard InChI is InChI=1S/C21H15NO6/c23-19(13-6-2-1-3-7-13)22-17-8-4-5-9-18(17)28-14-10-11-15(20(24)25)16(12-14)21(26)27/h1-12H,(H,22,23)(H,24,25)(H,26,27). The van der Waals surface area contributed by atoms with Gasteiger partial charge < -0.3 is 20.3 Å². The van der Waals surface area contributed by atoms with E-state index in [1.54, 1.807) is 54.6 Å². The first kappa shape index (κ1) is 18.7. The van der Waals surface area contributed by atoms with Gasteiger partial charge >= 0.3 is 11.9 Å². The number of carboxylic acids is 2. The zero-order valence-corrected chi connectivity index (χ0v) is 14.5. The van der Waals surface area contributed by atoms with Crippen LogP contribution in [-0.4, -0.2) is 28.1 Å². The summed E-state index contributed by atoms with van der Waals surface area (Å²) in [7, 11) is 0. The number of carbonyl (C=O) groups is 3. The molecule has 0 aliphatic heterocycles. The molecule has 3 N–H and O–H groups in total. The molecular formula is C21H15NO6. The van der Waals surface area contributed by atoms with Crippen LogP contribution in [0.2, 0.25) is 0 Å². The number of nitrogens with one attached hydrogen (secondary N) is 1. The van der Waals surface area contributed by atoms with Crippen LogP contribution in [0.1, 0.15) is 31.1 Å². The van der Waals surface area contributed by atoms with Gasteiger partial charge in [-0.25, -0.2) is 9.59 Å². The lowest BCUT2D eigenvalue weighted by molar-refractivity contribution is 0.0651. The first-order chi connectivity index (χ1) is 13.5. The van der Waals surface area contributed by atoms with Gasteiger partial charge in [-0.2, -0.15) is 0 Å². The highest BCUT2D eigenvalue weighted by Gasteiger charge is 2.18. The summed E-state index contributed by atoms with van der Waals surface area (Å²) in [6.07, 6.45) is 0. The van der Waals surface area contributed by atoms with E-state index in [2.05, 4.69) is 5.32 Å². The number of para-hydroxylation sites is 2. The number of hydrogen-bond acceptors (Lipinski definition) is 4. The van der Waals surface area contributed by atoms with E-state index in [0.29, 0.717) is 11.3 Å². The summed E-state index contributed by atoms with van der Waals surface area (Å²) in [4.78, 5) is 34.9. The number of ether oxygens (including phenoxy) is 1. The highest BCUT2D eigenvalue weighted by Crippen LogP contribution is 2.31. The molecule has 0 radical (unpaired) electrons. The lowest BCUT2D eigenvalue weighted by Gasteiger charge is -2.13. The molecule has 0 spiro atoms. The van der Waals surface area contributed by atoms with E-state index >= 15 is 0 Å². The minimum atomic E-state index is -1.38. The smallest absolute Gasteiger partial charge is 0.336 e. The van der Waals surface area contributed by atoms with Gasteiger partial charge in [0.2, 0.25) is 0 Å². The third kappa shape index (κ3) is 4.16. The zero-order chi connectivity index (χ0) is 20.1. The lowest BCUT2D eigenvalue weighted by atomic mass is 10.1. The van der Waals surface area contributed by atoms with Crippen molar-refractivity contribution in [3.63, 3.8) is 0 Å². The molecule has 140 valence electrons. The van der Waals surface area contributed by atoms with Crippen LogP contribution in [0.15, 0.2) is 72.8 Å². The average Bonchev–Trinajstić information content (AvgIpc) is 2.70. The molecule has 28 heavy (non-hydrogen) atoms. The molecule has 1 amide bonds. The predicted octanol–water partition coefficient (Wildman–Crippen LogP) is 4.13. The van der Waals surface area contributed by atoms with Crippen LogP contribution in [0.4, 0.5) is 5.69 Å². The minimum absolute atomic E-state index is 0.129. The number of carbonyl (C=O) groups excluding carboxylic acids is 1. The second-order valence-corrected chi connectivity index (χ2v) is 5.74. The number of rotatable bonds is 6. The van der Waals surface area contributed by atoms with Crippen LogP contribution < -0.4 is 10.1 Å². The number of amides is 1. The fraction of sp³-hybridized carbons (Fsp3) is 0. The SMILES string of the molecule is O=C(Nc1ccccc1Oc1ccc(C(=O)O)c(C(=O)O)c1)c1ccccc1. The Balaban J connectivity index is 1.88. The summed E-state index contributed by atoms with van der Waals surface area (Å²) in [6, 6.07) is 18.9. The molecule has 0 atom stereocenters. The van der Waals surface area contributed by atoms with E-state index in [1.165, 1.54) is 6.07 Å². The van der Waals surface area contributed by atoms with E-state index in [9.17, 15) is 19.5 Å². The van der Waals surface area contributed by atoms with Crippen molar-refractivity contribution in [2.75, 3.05) is 5.32 Å². The molecule has 0 bridgehead atoms. The summed E-state index contributed by atoms with van der Waals surface area (Å²) in [5.41, 5.74) is 0.119. The first-order valence-corrected chi connectivity index (χ1v) is 8.19. The second kappa shape index (κ2) is 8.05. The van der Waals surface area contributed by atoms with Crippen molar-refractivity contribution >= 4 is 23.5 Å². The summed E-state index contributed by atoms with van der Waals surface area (Å²) in [5.74, 6) is -2.65. The molecule has 0 heterocycles. The lowest BCUT2D eigenvalue weighted by Crippen LogP contribution is -2.12. The Kier molecular flexibility index (Phi) is 5.36. The largest absolute Gasteiger partial charge is 0.478 e. The molecule has 3 rings (SSSR count). The summed E-state index contributed by atoms with van der Waals surface area (Å²) >= 11 is 0. The fourth-order valence-electron chi connectivity index (χ4n) is 2.52. The van der Waals surface area contributed by atoms with Crippen molar-refractivity contribution in [3.05, 3.63) is 89.5 Å². The highest BCUT2D eigenvalue weighted by molar-refractivity contribution is 6.05. The topological polar surface area (TPSA) is 113 Å². The third-order valence-electron chi connectivity index (χ3n) is 3.85. The van der Waals surface area contributed by atoms with Gasteiger partial charge in [-0.1, -0.05) is 30.3 Å². The number of anilines is 1. The molecule has 0 unspecified atom stereocenters. The zero-order valence-electron chi connectivity index (χ0n) is 14.5. The van der Waals surface area contributed by atoms with E-state index < -0.39 is 17.5 Å². The Labute approximate surface area is 159 Å². The van der Waals surface area contributed by atoms with Crippen LogP contribution in [0.3, 0.4) is 0 Å². The maximum Gasteiger partial charge on any atom is 0.336 e. The van der Waals surface area contributed by atoms with Crippen molar-refractivity contribution in [1.29, 1.82) is 0 Å². The second-order valence-electron chi connectivity index (χ2n) is 5.74. The molecule has 0 aliphatic carbocycles. The first-order valence-electron chi connectivity index (χ1n) is 8.19. The van der Waals surface area contributed by atoms with Crippen molar-refractivity contribution in [2.24, 2.45) is 0 Å². The fourth-order valence-corrected chi connectivity index (χ4v) is 2.52. The molecule has 3 aromatic rings. The number of carboxylic acid groups (broad SMARTS) is 2. The molecule has 0 saturated carbocycles. The Morgan fingerprint density at radius 1 is 0.750 bits per heavy atom. The monoisotopic (exact) mass is 377 g/mol. The van der Waals surface area contributed by atoms with E-state index in [-0.39, 0.29) is 23.0 Å². The Morgan fingerprint density at radius 3 is 2.07 bits per heavy atom. The van der Waals surface area contributed by atoms with Gasteiger partial charge in [0.15, 0.2) is 5.75 Å². The summed E-state index contributed by atoms with van der Waals surface area (Å²) in [5, 5.41) is 21.1. The minimum Gasteiger partial charge on any atom is -0.478 e. The van der Waals surface area contributed by atoms with Crippen molar-refractivity contribution in [3.8, 4) is 11.5 Å².